The van der Waals surface area contributed by atoms with E-state index in [2.05, 4.69) is 0 Å². The summed E-state index contributed by atoms with van der Waals surface area (Å²) in [5, 5.41) is 10.7. The van der Waals surface area contributed by atoms with Gasteiger partial charge in [0.05, 0.1) is 12.2 Å². The number of furan rings is 1. The molecule has 1 unspecified atom stereocenters. The van der Waals surface area contributed by atoms with Gasteiger partial charge in [0.25, 0.3) is 5.91 Å². The summed E-state index contributed by atoms with van der Waals surface area (Å²) in [5.41, 5.74) is 0.977. The first-order valence-electron chi connectivity index (χ1n) is 7.82. The van der Waals surface area contributed by atoms with Gasteiger partial charge in [0.15, 0.2) is 5.76 Å². The second-order valence-corrected chi connectivity index (χ2v) is 5.70. The average molecular weight is 330 g/mol. The van der Waals surface area contributed by atoms with Gasteiger partial charge in [-0.2, -0.15) is 0 Å². The number of carbonyl (C=O) groups excluding carboxylic acids is 1. The Labute approximate surface area is 139 Å². The second kappa shape index (κ2) is 7.27. The van der Waals surface area contributed by atoms with Crippen LogP contribution in [0.2, 0.25) is 0 Å². The Hall–Kier alpha value is -2.67. The van der Waals surface area contributed by atoms with Crippen LogP contribution in [0.15, 0.2) is 46.9 Å². The van der Waals surface area contributed by atoms with Crippen LogP contribution in [0.3, 0.4) is 0 Å². The predicted octanol–water partition coefficient (Wildman–Crippen LogP) is 3.01. The fourth-order valence-corrected chi connectivity index (χ4v) is 2.75. The minimum Gasteiger partial charge on any atom is -0.395 e. The molecule has 2 heterocycles. The molecule has 0 radical (unpaired) electrons. The second-order valence-electron chi connectivity index (χ2n) is 5.70. The molecule has 1 aromatic heterocycles. The van der Waals surface area contributed by atoms with Crippen molar-refractivity contribution >= 4 is 11.8 Å². The highest BCUT2D eigenvalue weighted by atomic mass is 16.6. The van der Waals surface area contributed by atoms with E-state index >= 15 is 0 Å². The highest BCUT2D eigenvalue weighted by Gasteiger charge is 2.26. The molecule has 7 nitrogen and oxygen atoms in total. The fraction of sp³-hybridized carbons (Fsp3) is 0.353. The van der Waals surface area contributed by atoms with Crippen LogP contribution in [0.4, 0.5) is 5.88 Å². The van der Waals surface area contributed by atoms with E-state index < -0.39 is 10.8 Å². The van der Waals surface area contributed by atoms with Gasteiger partial charge in [-0.1, -0.05) is 30.3 Å². The van der Waals surface area contributed by atoms with Crippen molar-refractivity contribution < 1.29 is 18.9 Å². The molecule has 0 aliphatic carbocycles. The van der Waals surface area contributed by atoms with Crippen LogP contribution in [0.5, 0.6) is 0 Å². The average Bonchev–Trinajstić information content (AvgIpc) is 3.26. The Morgan fingerprint density at radius 1 is 1.25 bits per heavy atom. The normalized spacial score (nSPS) is 16.9. The summed E-state index contributed by atoms with van der Waals surface area (Å²) >= 11 is 0. The quantitative estimate of drug-likeness (QED) is 0.600. The molecular formula is C17H18N2O5. The molecule has 126 valence electrons. The first-order valence-corrected chi connectivity index (χ1v) is 7.82. The van der Waals surface area contributed by atoms with E-state index in [1.807, 2.05) is 30.3 Å². The molecule has 1 atom stereocenters. The van der Waals surface area contributed by atoms with Crippen molar-refractivity contribution in [2.24, 2.45) is 0 Å². The van der Waals surface area contributed by atoms with E-state index in [1.54, 1.807) is 4.90 Å². The van der Waals surface area contributed by atoms with Gasteiger partial charge in [-0.3, -0.25) is 14.9 Å². The predicted molar refractivity (Wildman–Crippen MR) is 85.5 cm³/mol. The number of carbonyl (C=O) groups is 1. The number of ether oxygens (including phenoxy) is 1. The molecule has 24 heavy (non-hydrogen) atoms. The zero-order valence-corrected chi connectivity index (χ0v) is 13.1. The maximum Gasteiger partial charge on any atom is 0.433 e. The van der Waals surface area contributed by atoms with Crippen LogP contribution < -0.4 is 0 Å². The van der Waals surface area contributed by atoms with Crippen molar-refractivity contribution in [3.63, 3.8) is 0 Å². The number of nitrogens with zero attached hydrogens (tertiary/aromatic N) is 2. The van der Waals surface area contributed by atoms with Gasteiger partial charge in [-0.05, 0) is 24.5 Å². The van der Waals surface area contributed by atoms with E-state index in [9.17, 15) is 14.9 Å². The van der Waals surface area contributed by atoms with Crippen LogP contribution in [0.25, 0.3) is 0 Å². The van der Waals surface area contributed by atoms with Gasteiger partial charge < -0.3 is 14.1 Å². The van der Waals surface area contributed by atoms with Crippen LogP contribution in [0.1, 0.15) is 29.0 Å². The van der Waals surface area contributed by atoms with Gasteiger partial charge in [-0.15, -0.1) is 0 Å². The fourth-order valence-electron chi connectivity index (χ4n) is 2.75. The van der Waals surface area contributed by atoms with Crippen LogP contribution in [0, 0.1) is 10.1 Å². The molecule has 0 bridgehead atoms. The minimum atomic E-state index is -0.654. The van der Waals surface area contributed by atoms with Crippen molar-refractivity contribution in [2.75, 3.05) is 13.2 Å². The van der Waals surface area contributed by atoms with Crippen LogP contribution >= 0.6 is 0 Å². The molecule has 2 aromatic rings. The maximum atomic E-state index is 12.7. The Kier molecular flexibility index (Phi) is 4.90. The lowest BCUT2D eigenvalue weighted by Crippen LogP contribution is -2.36. The van der Waals surface area contributed by atoms with Crippen LogP contribution in [-0.2, 0) is 11.3 Å². The first kappa shape index (κ1) is 16.2. The molecule has 7 heteroatoms. The van der Waals surface area contributed by atoms with Gasteiger partial charge in [-0.25, -0.2) is 0 Å². The molecule has 1 saturated heterocycles. The van der Waals surface area contributed by atoms with Crippen molar-refractivity contribution in [3.8, 4) is 0 Å². The lowest BCUT2D eigenvalue weighted by Gasteiger charge is -2.24. The van der Waals surface area contributed by atoms with E-state index in [-0.39, 0.29) is 17.8 Å². The van der Waals surface area contributed by atoms with Gasteiger partial charge >= 0.3 is 5.88 Å². The number of benzene rings is 1. The number of rotatable bonds is 6. The standard InChI is InChI=1S/C17H18N2O5/c20-17(15-8-9-16(24-15)19(21)22)18(12-14-7-4-10-23-14)11-13-5-2-1-3-6-13/h1-3,5-6,8-9,14H,4,7,10-12H2. The zero-order valence-electron chi connectivity index (χ0n) is 13.1. The monoisotopic (exact) mass is 330 g/mol. The summed E-state index contributed by atoms with van der Waals surface area (Å²) in [6.07, 6.45) is 1.86. The summed E-state index contributed by atoms with van der Waals surface area (Å²) in [4.78, 5) is 24.4. The van der Waals surface area contributed by atoms with E-state index in [0.29, 0.717) is 19.7 Å². The van der Waals surface area contributed by atoms with Crippen molar-refractivity contribution in [3.05, 3.63) is 63.9 Å². The molecule has 1 aromatic carbocycles. The van der Waals surface area contributed by atoms with Gasteiger partial charge in [0.2, 0.25) is 0 Å². The summed E-state index contributed by atoms with van der Waals surface area (Å²) < 4.78 is 10.7. The van der Waals surface area contributed by atoms with E-state index in [1.165, 1.54) is 12.1 Å². The van der Waals surface area contributed by atoms with Crippen molar-refractivity contribution in [1.29, 1.82) is 0 Å². The lowest BCUT2D eigenvalue weighted by molar-refractivity contribution is -0.402. The first-order chi connectivity index (χ1) is 11.6. The van der Waals surface area contributed by atoms with E-state index in [0.717, 1.165) is 18.4 Å². The highest BCUT2D eigenvalue weighted by Crippen LogP contribution is 2.20. The number of nitro groups is 1. The molecule has 3 rings (SSSR count). The number of hydrogen-bond acceptors (Lipinski definition) is 5. The Morgan fingerprint density at radius 2 is 2.04 bits per heavy atom. The Morgan fingerprint density at radius 3 is 2.67 bits per heavy atom. The molecule has 1 amide bonds. The third-order valence-electron chi connectivity index (χ3n) is 3.93. The molecular weight excluding hydrogens is 312 g/mol. The van der Waals surface area contributed by atoms with Crippen molar-refractivity contribution in [1.82, 2.24) is 4.90 Å². The Bertz CT molecular complexity index is 707. The molecule has 1 aliphatic rings. The minimum absolute atomic E-state index is 0.0115. The number of hydrogen-bond donors (Lipinski definition) is 0. The van der Waals surface area contributed by atoms with Crippen LogP contribution in [-0.4, -0.2) is 35.0 Å². The van der Waals surface area contributed by atoms with Gasteiger partial charge in [0.1, 0.15) is 4.92 Å². The zero-order chi connectivity index (χ0) is 16.9. The topological polar surface area (TPSA) is 85.8 Å². The highest BCUT2D eigenvalue weighted by molar-refractivity contribution is 5.91. The summed E-state index contributed by atoms with van der Waals surface area (Å²) in [7, 11) is 0. The molecule has 0 saturated carbocycles. The Balaban J connectivity index is 1.78. The van der Waals surface area contributed by atoms with Crippen molar-refractivity contribution in [2.45, 2.75) is 25.5 Å². The lowest BCUT2D eigenvalue weighted by atomic mass is 10.1. The summed E-state index contributed by atoms with van der Waals surface area (Å²) in [5.74, 6) is -0.840. The molecule has 0 spiro atoms. The number of amides is 1. The summed E-state index contributed by atoms with van der Waals surface area (Å²) in [6, 6.07) is 12.1. The molecule has 1 fully saturated rings. The SMILES string of the molecule is O=C(c1ccc([N+](=O)[O-])o1)N(Cc1ccccc1)CC1CCCO1. The van der Waals surface area contributed by atoms with Gasteiger partial charge in [0, 0.05) is 19.7 Å². The third kappa shape index (κ3) is 3.80. The third-order valence-corrected chi connectivity index (χ3v) is 3.93. The smallest absolute Gasteiger partial charge is 0.395 e. The largest absolute Gasteiger partial charge is 0.433 e. The maximum absolute atomic E-state index is 12.7. The summed E-state index contributed by atoms with van der Waals surface area (Å²) in [6.45, 7) is 1.53. The molecule has 0 N–H and O–H groups in total. The molecule has 1 aliphatic heterocycles. The van der Waals surface area contributed by atoms with E-state index in [4.69, 9.17) is 9.15 Å².